The van der Waals surface area contributed by atoms with Gasteiger partial charge in [0, 0.05) is 13.1 Å². The summed E-state index contributed by atoms with van der Waals surface area (Å²) in [5, 5.41) is 14.4. The smallest absolute Gasteiger partial charge is 0.407 e. The van der Waals surface area contributed by atoms with Gasteiger partial charge in [0.25, 0.3) is 0 Å². The Bertz CT molecular complexity index is 651. The first-order valence-electron chi connectivity index (χ1n) is 8.55. The summed E-state index contributed by atoms with van der Waals surface area (Å²) in [6.45, 7) is 10.7. The highest BCUT2D eigenvalue weighted by molar-refractivity contribution is 5.88. The molecule has 0 bridgehead atoms. The molecule has 0 aliphatic heterocycles. The van der Waals surface area contributed by atoms with Crippen LogP contribution in [0, 0.1) is 0 Å². The minimum atomic E-state index is -1.10. The number of benzene rings is 1. The van der Waals surface area contributed by atoms with E-state index in [-0.39, 0.29) is 18.7 Å². The summed E-state index contributed by atoms with van der Waals surface area (Å²) in [6, 6.07) is 4.61. The van der Waals surface area contributed by atoms with E-state index in [0.29, 0.717) is 11.1 Å². The van der Waals surface area contributed by atoms with Gasteiger partial charge in [-0.1, -0.05) is 6.07 Å². The molecule has 150 valence electrons. The zero-order valence-corrected chi connectivity index (χ0v) is 16.6. The molecule has 0 radical (unpaired) electrons. The van der Waals surface area contributed by atoms with E-state index in [4.69, 9.17) is 9.47 Å². The molecule has 0 heterocycles. The van der Waals surface area contributed by atoms with Crippen LogP contribution in [0.25, 0.3) is 0 Å². The number of hydrogen-bond donors (Lipinski definition) is 3. The quantitative estimate of drug-likeness (QED) is 0.721. The monoisotopic (exact) mass is 380 g/mol. The number of nitrogens with one attached hydrogen (secondary N) is 2. The molecule has 1 aromatic rings. The number of rotatable bonds is 5. The number of carbonyl (C=O) groups is 3. The predicted molar refractivity (Wildman–Crippen MR) is 99.5 cm³/mol. The van der Waals surface area contributed by atoms with Crippen LogP contribution in [0.2, 0.25) is 0 Å². The van der Waals surface area contributed by atoms with E-state index in [9.17, 15) is 19.5 Å². The van der Waals surface area contributed by atoms with Crippen molar-refractivity contribution in [2.75, 3.05) is 0 Å². The van der Waals surface area contributed by atoms with Gasteiger partial charge in [0.15, 0.2) is 0 Å². The van der Waals surface area contributed by atoms with E-state index in [1.165, 1.54) is 12.1 Å². The summed E-state index contributed by atoms with van der Waals surface area (Å²) < 4.78 is 10.3. The topological polar surface area (TPSA) is 114 Å². The van der Waals surface area contributed by atoms with Crippen molar-refractivity contribution in [2.24, 2.45) is 0 Å². The molecular formula is C19H28N2O6. The Kier molecular flexibility index (Phi) is 7.21. The second-order valence-electron chi connectivity index (χ2n) is 8.05. The maximum atomic E-state index is 11.8. The van der Waals surface area contributed by atoms with Crippen LogP contribution in [0.3, 0.4) is 0 Å². The average Bonchev–Trinajstić information content (AvgIpc) is 2.47. The molecule has 1 aromatic carbocycles. The molecule has 0 unspecified atom stereocenters. The van der Waals surface area contributed by atoms with Crippen molar-refractivity contribution >= 4 is 18.2 Å². The standard InChI is InChI=1S/C19H28N2O6/c1-18(2,3)26-16(24)20-10-12-7-13(9-14(8-12)15(22)23)11-21-17(25)27-19(4,5)6/h7-9H,10-11H2,1-6H3,(H,20,24)(H,21,25)(H,22,23). The molecule has 8 heteroatoms. The third-order valence-corrected chi connectivity index (χ3v) is 2.97. The molecule has 2 amide bonds. The third kappa shape index (κ3) is 9.48. The van der Waals surface area contributed by atoms with Crippen LogP contribution in [-0.4, -0.2) is 34.5 Å². The van der Waals surface area contributed by atoms with Crippen LogP contribution >= 0.6 is 0 Å². The summed E-state index contributed by atoms with van der Waals surface area (Å²) in [5.74, 6) is -1.10. The molecule has 1 rings (SSSR count). The van der Waals surface area contributed by atoms with E-state index in [0.717, 1.165) is 0 Å². The second kappa shape index (κ2) is 8.75. The molecule has 0 saturated heterocycles. The van der Waals surface area contributed by atoms with Crippen molar-refractivity contribution in [1.29, 1.82) is 0 Å². The van der Waals surface area contributed by atoms with Gasteiger partial charge in [0.05, 0.1) is 5.56 Å². The van der Waals surface area contributed by atoms with Gasteiger partial charge in [-0.25, -0.2) is 14.4 Å². The summed E-state index contributed by atoms with van der Waals surface area (Å²) in [7, 11) is 0. The Morgan fingerprint density at radius 3 is 1.48 bits per heavy atom. The molecule has 0 aromatic heterocycles. The first-order chi connectivity index (χ1) is 12.2. The Hall–Kier alpha value is -2.77. The lowest BCUT2D eigenvalue weighted by Gasteiger charge is -2.20. The molecule has 3 N–H and O–H groups in total. The minimum absolute atomic E-state index is 0.0551. The fraction of sp³-hybridized carbons (Fsp3) is 0.526. The van der Waals surface area contributed by atoms with E-state index in [1.807, 2.05) is 0 Å². The van der Waals surface area contributed by atoms with Crippen molar-refractivity contribution in [3.05, 3.63) is 34.9 Å². The lowest BCUT2D eigenvalue weighted by molar-refractivity contribution is 0.0513. The molecule has 27 heavy (non-hydrogen) atoms. The number of carbonyl (C=O) groups excluding carboxylic acids is 2. The molecule has 0 fully saturated rings. The first kappa shape index (κ1) is 22.3. The number of aromatic carboxylic acids is 1. The highest BCUT2D eigenvalue weighted by atomic mass is 16.6. The van der Waals surface area contributed by atoms with Gasteiger partial charge in [-0.3, -0.25) is 0 Å². The van der Waals surface area contributed by atoms with Gasteiger partial charge in [-0.15, -0.1) is 0 Å². The Morgan fingerprint density at radius 1 is 0.815 bits per heavy atom. The van der Waals surface area contributed by atoms with E-state index < -0.39 is 29.4 Å². The van der Waals surface area contributed by atoms with Crippen molar-refractivity contribution in [3.63, 3.8) is 0 Å². The Balaban J connectivity index is 2.80. The molecule has 0 aliphatic rings. The van der Waals surface area contributed by atoms with Crippen LogP contribution in [0.4, 0.5) is 9.59 Å². The van der Waals surface area contributed by atoms with Crippen molar-refractivity contribution in [3.8, 4) is 0 Å². The lowest BCUT2D eigenvalue weighted by atomic mass is 10.1. The van der Waals surface area contributed by atoms with Crippen LogP contribution in [0.5, 0.6) is 0 Å². The molecular weight excluding hydrogens is 352 g/mol. The van der Waals surface area contributed by atoms with Crippen LogP contribution in [-0.2, 0) is 22.6 Å². The van der Waals surface area contributed by atoms with Crippen molar-refractivity contribution in [2.45, 2.75) is 65.8 Å². The highest BCUT2D eigenvalue weighted by Crippen LogP contribution is 2.13. The van der Waals surface area contributed by atoms with Crippen LogP contribution < -0.4 is 10.6 Å². The van der Waals surface area contributed by atoms with E-state index >= 15 is 0 Å². The van der Waals surface area contributed by atoms with Crippen molar-refractivity contribution < 1.29 is 29.0 Å². The van der Waals surface area contributed by atoms with Gasteiger partial charge < -0.3 is 25.2 Å². The second-order valence-corrected chi connectivity index (χ2v) is 8.05. The summed E-state index contributed by atoms with van der Waals surface area (Å²) >= 11 is 0. The SMILES string of the molecule is CC(C)(C)OC(=O)NCc1cc(CNC(=O)OC(C)(C)C)cc(C(=O)O)c1. The third-order valence-electron chi connectivity index (χ3n) is 2.97. The number of carboxylic acids is 1. The number of alkyl carbamates (subject to hydrolysis) is 2. The Labute approximate surface area is 159 Å². The molecule has 0 aliphatic carbocycles. The normalized spacial score (nSPS) is 11.5. The fourth-order valence-corrected chi connectivity index (χ4v) is 2.07. The minimum Gasteiger partial charge on any atom is -0.478 e. The van der Waals surface area contributed by atoms with Crippen LogP contribution in [0.15, 0.2) is 18.2 Å². The maximum absolute atomic E-state index is 11.8. The average molecular weight is 380 g/mol. The van der Waals surface area contributed by atoms with Gasteiger partial charge >= 0.3 is 18.2 Å². The summed E-state index contributed by atoms with van der Waals surface area (Å²) in [5.41, 5.74) is -0.0617. The number of ether oxygens (including phenoxy) is 2. The molecule has 0 spiro atoms. The molecule has 0 saturated carbocycles. The van der Waals surface area contributed by atoms with Crippen LogP contribution in [0.1, 0.15) is 63.0 Å². The summed E-state index contributed by atoms with van der Waals surface area (Å²) in [4.78, 5) is 34.9. The zero-order chi connectivity index (χ0) is 20.8. The zero-order valence-electron chi connectivity index (χ0n) is 16.6. The Morgan fingerprint density at radius 2 is 1.19 bits per heavy atom. The van der Waals surface area contributed by atoms with E-state index in [1.54, 1.807) is 47.6 Å². The first-order valence-corrected chi connectivity index (χ1v) is 8.55. The number of amides is 2. The van der Waals surface area contributed by atoms with Gasteiger partial charge in [0.2, 0.25) is 0 Å². The summed E-state index contributed by atoms with van der Waals surface area (Å²) in [6.07, 6.45) is -1.20. The van der Waals surface area contributed by atoms with E-state index in [2.05, 4.69) is 10.6 Å². The maximum Gasteiger partial charge on any atom is 0.407 e. The predicted octanol–water partition coefficient (Wildman–Crippen LogP) is 3.43. The largest absolute Gasteiger partial charge is 0.478 e. The number of hydrogen-bond acceptors (Lipinski definition) is 5. The molecule has 8 nitrogen and oxygen atoms in total. The van der Waals surface area contributed by atoms with Gasteiger partial charge in [-0.05, 0) is 64.8 Å². The fourth-order valence-electron chi connectivity index (χ4n) is 2.07. The van der Waals surface area contributed by atoms with Gasteiger partial charge in [0.1, 0.15) is 11.2 Å². The van der Waals surface area contributed by atoms with Crippen molar-refractivity contribution in [1.82, 2.24) is 10.6 Å². The lowest BCUT2D eigenvalue weighted by Crippen LogP contribution is -2.32. The highest BCUT2D eigenvalue weighted by Gasteiger charge is 2.17. The van der Waals surface area contributed by atoms with Gasteiger partial charge in [-0.2, -0.15) is 0 Å². The molecule has 0 atom stereocenters. The number of carboxylic acid groups (broad SMARTS) is 1.